The first-order valence-electron chi connectivity index (χ1n) is 5.57. The van der Waals surface area contributed by atoms with E-state index < -0.39 is 5.97 Å². The number of nitrogens with zero attached hydrogens (tertiary/aromatic N) is 4. The largest absolute Gasteiger partial charge is 0.477 e. The zero-order valence-electron chi connectivity index (χ0n) is 10.7. The van der Waals surface area contributed by atoms with Gasteiger partial charge >= 0.3 is 5.97 Å². The molecule has 2 aromatic rings. The van der Waals surface area contributed by atoms with Gasteiger partial charge in [-0.15, -0.1) is 0 Å². The minimum absolute atomic E-state index is 0.0511. The van der Waals surface area contributed by atoms with Gasteiger partial charge in [0.25, 0.3) is 0 Å². The Hall–Kier alpha value is -1.99. The highest BCUT2D eigenvalue weighted by Crippen LogP contribution is 2.19. The van der Waals surface area contributed by atoms with Crippen LogP contribution < -0.4 is 0 Å². The van der Waals surface area contributed by atoms with Gasteiger partial charge in [-0.2, -0.15) is 5.10 Å². The number of hydrogen-bond acceptors (Lipinski definition) is 4. The van der Waals surface area contributed by atoms with Gasteiger partial charge in [-0.25, -0.2) is 14.5 Å². The predicted octanol–water partition coefficient (Wildman–Crippen LogP) is 1.86. The van der Waals surface area contributed by atoms with Gasteiger partial charge in [0.1, 0.15) is 10.7 Å². The van der Waals surface area contributed by atoms with E-state index in [4.69, 9.17) is 23.8 Å². The van der Waals surface area contributed by atoms with Gasteiger partial charge in [-0.1, -0.05) is 23.8 Å². The van der Waals surface area contributed by atoms with E-state index >= 15 is 0 Å². The molecule has 0 aliphatic carbocycles. The lowest BCUT2D eigenvalue weighted by molar-refractivity contribution is 0.0687. The highest BCUT2D eigenvalue weighted by Gasteiger charge is 2.20. The molecule has 8 heteroatoms. The van der Waals surface area contributed by atoms with Gasteiger partial charge in [-0.05, 0) is 12.1 Å². The summed E-state index contributed by atoms with van der Waals surface area (Å²) in [6.45, 7) is 0. The molecule has 0 atom stereocenters. The lowest BCUT2D eigenvalue weighted by Crippen LogP contribution is -2.21. The molecule has 2 rings (SSSR count). The van der Waals surface area contributed by atoms with Gasteiger partial charge in [0.15, 0.2) is 11.5 Å². The normalized spacial score (nSPS) is 10.3. The van der Waals surface area contributed by atoms with E-state index in [2.05, 4.69) is 10.1 Å². The molecule has 0 aromatic carbocycles. The smallest absolute Gasteiger partial charge is 0.354 e. The number of thiocarbonyl (C=S) groups is 1. The fourth-order valence-corrected chi connectivity index (χ4v) is 1.86. The Morgan fingerprint density at radius 3 is 2.75 bits per heavy atom. The van der Waals surface area contributed by atoms with Crippen molar-refractivity contribution in [1.82, 2.24) is 19.7 Å². The van der Waals surface area contributed by atoms with Crippen LogP contribution in [-0.4, -0.2) is 49.8 Å². The number of aromatic nitrogens is 3. The number of carbonyl (C=O) groups is 1. The van der Waals surface area contributed by atoms with Crippen LogP contribution in [0.25, 0.3) is 5.82 Å². The molecule has 0 unspecified atom stereocenters. The van der Waals surface area contributed by atoms with Crippen LogP contribution in [0.4, 0.5) is 0 Å². The van der Waals surface area contributed by atoms with E-state index in [9.17, 15) is 9.90 Å². The third-order valence-electron chi connectivity index (χ3n) is 2.49. The molecule has 0 amide bonds. The van der Waals surface area contributed by atoms with Crippen molar-refractivity contribution in [3.05, 3.63) is 40.8 Å². The molecule has 0 fully saturated rings. The van der Waals surface area contributed by atoms with E-state index in [1.165, 1.54) is 16.9 Å². The summed E-state index contributed by atoms with van der Waals surface area (Å²) in [5.74, 6) is -0.883. The zero-order valence-corrected chi connectivity index (χ0v) is 12.3. The lowest BCUT2D eigenvalue weighted by Gasteiger charge is -2.10. The van der Waals surface area contributed by atoms with E-state index in [1.54, 1.807) is 31.1 Å². The van der Waals surface area contributed by atoms with E-state index in [0.29, 0.717) is 15.7 Å². The van der Waals surface area contributed by atoms with Crippen LogP contribution in [0.5, 0.6) is 0 Å². The molecule has 0 bridgehead atoms. The lowest BCUT2D eigenvalue weighted by atomic mass is 10.3. The van der Waals surface area contributed by atoms with Gasteiger partial charge < -0.3 is 10.0 Å². The van der Waals surface area contributed by atoms with Crippen molar-refractivity contribution in [2.45, 2.75) is 0 Å². The summed E-state index contributed by atoms with van der Waals surface area (Å²) in [5.41, 5.74) is 0.328. The van der Waals surface area contributed by atoms with Crippen LogP contribution in [0.3, 0.4) is 0 Å². The average Bonchev–Trinajstić information content (AvgIpc) is 2.83. The number of rotatable bonds is 3. The molecule has 0 aliphatic rings. The Morgan fingerprint density at radius 2 is 2.20 bits per heavy atom. The molecular formula is C12H11ClN4O2S. The van der Waals surface area contributed by atoms with Crippen LogP contribution in [0.2, 0.25) is 5.02 Å². The first kappa shape index (κ1) is 14.4. The van der Waals surface area contributed by atoms with Gasteiger partial charge in [-0.3, -0.25) is 0 Å². The molecule has 2 heterocycles. The van der Waals surface area contributed by atoms with Crippen molar-refractivity contribution in [3.8, 4) is 5.82 Å². The topological polar surface area (TPSA) is 71.2 Å². The fraction of sp³-hybridized carbons (Fsp3) is 0.167. The molecule has 0 aliphatic heterocycles. The Labute approximate surface area is 125 Å². The number of pyridine rings is 1. The number of aromatic carboxylic acids is 1. The second-order valence-corrected chi connectivity index (χ2v) is 4.93. The maximum Gasteiger partial charge on any atom is 0.354 e. The summed E-state index contributed by atoms with van der Waals surface area (Å²) in [7, 11) is 3.52. The number of carboxylic acid groups (broad SMARTS) is 1. The molecule has 0 radical (unpaired) electrons. The second-order valence-electron chi connectivity index (χ2n) is 4.14. The summed E-state index contributed by atoms with van der Waals surface area (Å²) in [6, 6.07) is 4.66. The van der Waals surface area contributed by atoms with E-state index in [1.807, 2.05) is 0 Å². The van der Waals surface area contributed by atoms with Crippen LogP contribution in [0.15, 0.2) is 24.4 Å². The van der Waals surface area contributed by atoms with Crippen molar-refractivity contribution in [3.63, 3.8) is 0 Å². The molecule has 0 spiro atoms. The Balaban J connectivity index is 2.61. The summed E-state index contributed by atoms with van der Waals surface area (Å²) >= 11 is 11.2. The van der Waals surface area contributed by atoms with Crippen molar-refractivity contribution >= 4 is 34.8 Å². The summed E-state index contributed by atoms with van der Waals surface area (Å²) in [6.07, 6.45) is 1.51. The first-order valence-corrected chi connectivity index (χ1v) is 6.36. The van der Waals surface area contributed by atoms with Crippen LogP contribution >= 0.6 is 23.8 Å². The number of halogens is 1. The molecule has 0 saturated heterocycles. The van der Waals surface area contributed by atoms with Crippen LogP contribution in [0, 0.1) is 0 Å². The Morgan fingerprint density at radius 1 is 1.50 bits per heavy atom. The highest BCUT2D eigenvalue weighted by molar-refractivity contribution is 7.80. The average molecular weight is 311 g/mol. The molecule has 2 aromatic heterocycles. The van der Waals surface area contributed by atoms with Crippen LogP contribution in [-0.2, 0) is 0 Å². The SMILES string of the molecule is CN(C)C(=S)c1cc(C(=O)O)n(-c2ncccc2Cl)n1. The first-order chi connectivity index (χ1) is 9.41. The van der Waals surface area contributed by atoms with Gasteiger partial charge in [0.05, 0.1) is 5.02 Å². The molecule has 6 nitrogen and oxygen atoms in total. The van der Waals surface area contributed by atoms with Crippen molar-refractivity contribution < 1.29 is 9.90 Å². The van der Waals surface area contributed by atoms with E-state index in [-0.39, 0.29) is 11.5 Å². The Bertz CT molecular complexity index is 684. The van der Waals surface area contributed by atoms with Crippen molar-refractivity contribution in [2.75, 3.05) is 14.1 Å². The quantitative estimate of drug-likeness (QED) is 0.873. The third-order valence-corrected chi connectivity index (χ3v) is 3.36. The standard InChI is InChI=1S/C12H11ClN4O2S/c1-16(2)11(20)8-6-9(12(18)19)17(15-8)10-7(13)4-3-5-14-10/h3-6H,1-2H3,(H,18,19). The second kappa shape index (κ2) is 5.56. The maximum absolute atomic E-state index is 11.3. The monoisotopic (exact) mass is 310 g/mol. The maximum atomic E-state index is 11.3. The molecule has 20 heavy (non-hydrogen) atoms. The summed E-state index contributed by atoms with van der Waals surface area (Å²) < 4.78 is 1.18. The third kappa shape index (κ3) is 2.63. The molecule has 0 saturated carbocycles. The van der Waals surface area contributed by atoms with Crippen molar-refractivity contribution in [1.29, 1.82) is 0 Å². The molecular weight excluding hydrogens is 300 g/mol. The van der Waals surface area contributed by atoms with E-state index in [0.717, 1.165) is 0 Å². The van der Waals surface area contributed by atoms with Gasteiger partial charge in [0.2, 0.25) is 0 Å². The zero-order chi connectivity index (χ0) is 14.9. The highest BCUT2D eigenvalue weighted by atomic mass is 35.5. The summed E-state index contributed by atoms with van der Waals surface area (Å²) in [4.78, 5) is 17.5. The fourth-order valence-electron chi connectivity index (χ4n) is 1.56. The number of hydrogen-bond donors (Lipinski definition) is 1. The number of carboxylic acids is 1. The molecule has 1 N–H and O–H groups in total. The molecule has 104 valence electrons. The Kier molecular flexibility index (Phi) is 4.01. The minimum atomic E-state index is -1.13. The van der Waals surface area contributed by atoms with Crippen LogP contribution in [0.1, 0.15) is 16.2 Å². The van der Waals surface area contributed by atoms with Gasteiger partial charge in [0, 0.05) is 26.4 Å². The minimum Gasteiger partial charge on any atom is -0.477 e. The predicted molar refractivity (Wildman–Crippen MR) is 78.7 cm³/mol. The van der Waals surface area contributed by atoms with Crippen molar-refractivity contribution in [2.24, 2.45) is 0 Å². The summed E-state index contributed by atoms with van der Waals surface area (Å²) in [5, 5.41) is 13.8.